The molecule has 8 nitrogen and oxygen atoms in total. The van der Waals surface area contributed by atoms with Gasteiger partial charge in [0.2, 0.25) is 5.91 Å². The number of hydrogen-bond acceptors (Lipinski definition) is 5. The van der Waals surface area contributed by atoms with Gasteiger partial charge in [0.25, 0.3) is 5.91 Å². The maximum absolute atomic E-state index is 12.0. The van der Waals surface area contributed by atoms with Crippen molar-refractivity contribution in [3.63, 3.8) is 0 Å². The summed E-state index contributed by atoms with van der Waals surface area (Å²) in [5.74, 6) is -1.38. The molecule has 23 heavy (non-hydrogen) atoms. The first-order chi connectivity index (χ1) is 10.9. The molecule has 1 heterocycles. The summed E-state index contributed by atoms with van der Waals surface area (Å²) in [4.78, 5) is 32.9. The highest BCUT2D eigenvalue weighted by molar-refractivity contribution is 5.92. The maximum Gasteiger partial charge on any atom is 0.433 e. The minimum Gasteiger partial charge on any atom is -0.395 e. The molecule has 8 heteroatoms. The van der Waals surface area contributed by atoms with E-state index in [4.69, 9.17) is 4.42 Å². The second-order valence-corrected chi connectivity index (χ2v) is 4.90. The van der Waals surface area contributed by atoms with Gasteiger partial charge in [-0.15, -0.1) is 0 Å². The van der Waals surface area contributed by atoms with E-state index in [1.54, 1.807) is 31.2 Å². The Bertz CT molecular complexity index is 753. The predicted octanol–water partition coefficient (Wildman–Crippen LogP) is 2.64. The zero-order valence-corrected chi connectivity index (χ0v) is 12.5. The van der Waals surface area contributed by atoms with Gasteiger partial charge in [-0.25, -0.2) is 0 Å². The second-order valence-electron chi connectivity index (χ2n) is 4.90. The zero-order valence-electron chi connectivity index (χ0n) is 12.5. The monoisotopic (exact) mass is 317 g/mol. The van der Waals surface area contributed by atoms with E-state index in [0.717, 1.165) is 11.6 Å². The van der Waals surface area contributed by atoms with Crippen molar-refractivity contribution in [3.05, 3.63) is 57.8 Å². The maximum atomic E-state index is 12.0. The Morgan fingerprint density at radius 2 is 2.00 bits per heavy atom. The summed E-state index contributed by atoms with van der Waals surface area (Å²) in [5, 5.41) is 15.9. The van der Waals surface area contributed by atoms with Crippen molar-refractivity contribution in [2.75, 3.05) is 5.32 Å². The van der Waals surface area contributed by atoms with Crippen LogP contribution in [-0.2, 0) is 4.79 Å². The van der Waals surface area contributed by atoms with Gasteiger partial charge in [0.1, 0.15) is 4.92 Å². The molecule has 2 aromatic rings. The summed E-state index contributed by atoms with van der Waals surface area (Å²) in [7, 11) is 0. The van der Waals surface area contributed by atoms with Crippen LogP contribution in [0, 0.1) is 10.1 Å². The van der Waals surface area contributed by atoms with Crippen molar-refractivity contribution in [1.82, 2.24) is 5.32 Å². The van der Waals surface area contributed by atoms with E-state index < -0.39 is 16.7 Å². The van der Waals surface area contributed by atoms with Gasteiger partial charge in [-0.3, -0.25) is 19.7 Å². The number of carbonyl (C=O) groups is 2. The van der Waals surface area contributed by atoms with Crippen molar-refractivity contribution in [3.8, 4) is 0 Å². The lowest BCUT2D eigenvalue weighted by molar-refractivity contribution is -0.402. The van der Waals surface area contributed by atoms with Gasteiger partial charge < -0.3 is 15.1 Å². The molecule has 2 N–H and O–H groups in total. The quantitative estimate of drug-likeness (QED) is 0.650. The number of nitro groups is 1. The molecule has 0 spiro atoms. The van der Waals surface area contributed by atoms with Crippen LogP contribution in [0.5, 0.6) is 0 Å². The molecule has 0 fully saturated rings. The van der Waals surface area contributed by atoms with Crippen molar-refractivity contribution in [2.45, 2.75) is 19.9 Å². The zero-order chi connectivity index (χ0) is 17.0. The summed E-state index contributed by atoms with van der Waals surface area (Å²) in [5.41, 5.74) is 1.38. The standard InChI is InChI=1S/C15H15N3O5/c1-9(11-4-3-5-12(8-11)17-10(2)19)16-15(20)13-6-7-14(23-13)18(21)22/h3-9H,1-2H3,(H,16,20)(H,17,19). The fraction of sp³-hybridized carbons (Fsp3) is 0.200. The van der Waals surface area contributed by atoms with Gasteiger partial charge in [-0.05, 0) is 30.7 Å². The number of carbonyl (C=O) groups excluding carboxylic acids is 2. The summed E-state index contributed by atoms with van der Waals surface area (Å²) in [6.45, 7) is 3.16. The van der Waals surface area contributed by atoms with Gasteiger partial charge in [-0.2, -0.15) is 0 Å². The topological polar surface area (TPSA) is 114 Å². The van der Waals surface area contributed by atoms with E-state index in [2.05, 4.69) is 10.6 Å². The van der Waals surface area contributed by atoms with E-state index >= 15 is 0 Å². The number of amides is 2. The molecule has 1 unspecified atom stereocenters. The lowest BCUT2D eigenvalue weighted by atomic mass is 10.1. The molecule has 0 aliphatic heterocycles. The Hall–Kier alpha value is -3.16. The fourth-order valence-corrected chi connectivity index (χ4v) is 1.99. The van der Waals surface area contributed by atoms with Crippen LogP contribution in [0.1, 0.15) is 36.0 Å². The normalized spacial score (nSPS) is 11.6. The SMILES string of the molecule is CC(=O)Nc1cccc(C(C)NC(=O)c2ccc([N+](=O)[O-])o2)c1. The average Bonchev–Trinajstić information content (AvgIpc) is 2.97. The summed E-state index contributed by atoms with van der Waals surface area (Å²) < 4.78 is 4.85. The van der Waals surface area contributed by atoms with Crippen molar-refractivity contribution in [2.24, 2.45) is 0 Å². The molecular weight excluding hydrogens is 302 g/mol. The van der Waals surface area contributed by atoms with Gasteiger partial charge in [0.15, 0.2) is 5.76 Å². The van der Waals surface area contributed by atoms with Crippen LogP contribution < -0.4 is 10.6 Å². The summed E-state index contributed by atoms with van der Waals surface area (Å²) in [6.07, 6.45) is 0. The lowest BCUT2D eigenvalue weighted by Gasteiger charge is -2.14. The molecule has 0 aliphatic rings. The van der Waals surface area contributed by atoms with E-state index in [-0.39, 0.29) is 17.7 Å². The van der Waals surface area contributed by atoms with E-state index in [0.29, 0.717) is 5.69 Å². The molecule has 1 aromatic carbocycles. The molecule has 0 saturated carbocycles. The third-order valence-electron chi connectivity index (χ3n) is 3.05. The van der Waals surface area contributed by atoms with Crippen molar-refractivity contribution in [1.29, 1.82) is 0 Å². The van der Waals surface area contributed by atoms with Crippen LogP contribution in [0.4, 0.5) is 11.6 Å². The second kappa shape index (κ2) is 6.73. The molecule has 0 saturated heterocycles. The minimum absolute atomic E-state index is 0.137. The van der Waals surface area contributed by atoms with E-state index in [9.17, 15) is 19.7 Å². The Morgan fingerprint density at radius 3 is 2.61 bits per heavy atom. The highest BCUT2D eigenvalue weighted by Gasteiger charge is 2.19. The Balaban J connectivity index is 2.08. The summed E-state index contributed by atoms with van der Waals surface area (Å²) in [6, 6.07) is 9.00. The number of anilines is 1. The smallest absolute Gasteiger partial charge is 0.395 e. The van der Waals surface area contributed by atoms with E-state index in [1.807, 2.05) is 0 Å². The Morgan fingerprint density at radius 1 is 1.26 bits per heavy atom. The van der Waals surface area contributed by atoms with Crippen LogP contribution in [0.15, 0.2) is 40.8 Å². The molecule has 120 valence electrons. The van der Waals surface area contributed by atoms with Crippen molar-refractivity contribution >= 4 is 23.4 Å². The Labute approximate surface area is 131 Å². The molecule has 0 radical (unpaired) electrons. The Kier molecular flexibility index (Phi) is 4.75. The van der Waals surface area contributed by atoms with Crippen LogP contribution in [0.3, 0.4) is 0 Å². The van der Waals surface area contributed by atoms with Crippen LogP contribution >= 0.6 is 0 Å². The highest BCUT2D eigenvalue weighted by atomic mass is 16.6. The number of hydrogen-bond donors (Lipinski definition) is 2. The average molecular weight is 317 g/mol. The molecule has 0 aliphatic carbocycles. The number of nitrogens with zero attached hydrogens (tertiary/aromatic N) is 1. The third-order valence-corrected chi connectivity index (χ3v) is 3.05. The molecule has 1 aromatic heterocycles. The molecule has 0 bridgehead atoms. The van der Waals surface area contributed by atoms with Gasteiger partial charge in [0.05, 0.1) is 12.1 Å². The minimum atomic E-state index is -0.711. The first kappa shape index (κ1) is 16.2. The number of benzene rings is 1. The van der Waals surface area contributed by atoms with Crippen LogP contribution in [0.2, 0.25) is 0 Å². The first-order valence-corrected chi connectivity index (χ1v) is 6.79. The number of furan rings is 1. The molecular formula is C15H15N3O5. The predicted molar refractivity (Wildman–Crippen MR) is 82.0 cm³/mol. The van der Waals surface area contributed by atoms with Crippen molar-refractivity contribution < 1.29 is 18.9 Å². The first-order valence-electron chi connectivity index (χ1n) is 6.79. The molecule has 2 rings (SSSR count). The molecule has 1 atom stereocenters. The number of nitrogens with one attached hydrogen (secondary N) is 2. The third kappa shape index (κ3) is 4.16. The van der Waals surface area contributed by atoms with Gasteiger partial charge in [0, 0.05) is 12.6 Å². The van der Waals surface area contributed by atoms with Gasteiger partial charge in [-0.1, -0.05) is 12.1 Å². The summed E-state index contributed by atoms with van der Waals surface area (Å²) >= 11 is 0. The lowest BCUT2D eigenvalue weighted by Crippen LogP contribution is -2.26. The van der Waals surface area contributed by atoms with Crippen LogP contribution in [-0.4, -0.2) is 16.7 Å². The largest absolute Gasteiger partial charge is 0.433 e. The molecule has 2 amide bonds. The highest BCUT2D eigenvalue weighted by Crippen LogP contribution is 2.20. The fourth-order valence-electron chi connectivity index (χ4n) is 1.99. The van der Waals surface area contributed by atoms with Crippen LogP contribution in [0.25, 0.3) is 0 Å². The van der Waals surface area contributed by atoms with Gasteiger partial charge >= 0.3 is 5.88 Å². The number of rotatable bonds is 5. The van der Waals surface area contributed by atoms with E-state index in [1.165, 1.54) is 13.0 Å².